The molecule has 8 heteroatoms. The largest absolute Gasteiger partial charge is 0.244 e. The summed E-state index contributed by atoms with van der Waals surface area (Å²) in [4.78, 5) is 8.31. The number of sulfonamides is 1. The Morgan fingerprint density at radius 2 is 2.00 bits per heavy atom. The third-order valence-corrected chi connectivity index (χ3v) is 6.69. The molecule has 0 saturated carbocycles. The zero-order valence-electron chi connectivity index (χ0n) is 13.6. The van der Waals surface area contributed by atoms with Crippen molar-refractivity contribution in [2.45, 2.75) is 30.2 Å². The maximum atomic E-state index is 13.1. The van der Waals surface area contributed by atoms with Crippen LogP contribution in [0.25, 0.3) is 5.57 Å². The molecular weight excluding hydrogens is 343 g/mol. The van der Waals surface area contributed by atoms with Crippen molar-refractivity contribution in [2.75, 3.05) is 7.05 Å². The third kappa shape index (κ3) is 2.71. The molecule has 4 rings (SSSR count). The van der Waals surface area contributed by atoms with Crippen molar-refractivity contribution in [3.05, 3.63) is 53.9 Å². The van der Waals surface area contributed by atoms with Crippen molar-refractivity contribution >= 4 is 21.4 Å². The second-order valence-corrected chi connectivity index (χ2v) is 8.17. The smallest absolute Gasteiger partial charge is 0.243 e. The van der Waals surface area contributed by atoms with E-state index < -0.39 is 15.8 Å². The minimum Gasteiger partial charge on any atom is -0.244 e. The van der Waals surface area contributed by atoms with Crippen molar-refractivity contribution in [3.8, 4) is 0 Å². The Hall–Kier alpha value is -2.32. The van der Waals surface area contributed by atoms with Crippen LogP contribution < -0.4 is 5.32 Å². The number of allylic oxidation sites excluding steroid dienone is 1. The van der Waals surface area contributed by atoms with Gasteiger partial charge in [0, 0.05) is 30.5 Å². The lowest BCUT2D eigenvalue weighted by molar-refractivity contribution is 0.345. The fraction of sp³-hybridized carbons (Fsp3) is 0.294. The van der Waals surface area contributed by atoms with Gasteiger partial charge in [-0.25, -0.2) is 28.1 Å². The standard InChI is InChI=1S/C17H16FN4O2S/c1-22(25(23,24)13-5-2-11(18)3-6-13)12-4-7-16-14(8-12)15-9-19-10-20-17(15)21-16/h2-3,5-6,9-10,12H,4,7-8H2,1H3. The Labute approximate surface area is 145 Å². The van der Waals surface area contributed by atoms with E-state index in [-0.39, 0.29) is 10.9 Å². The number of aromatic nitrogens is 2. The molecule has 0 bridgehead atoms. The van der Waals surface area contributed by atoms with Crippen molar-refractivity contribution in [1.29, 1.82) is 0 Å². The number of benzene rings is 1. The van der Waals surface area contributed by atoms with Gasteiger partial charge in [0.25, 0.3) is 0 Å². The molecule has 25 heavy (non-hydrogen) atoms. The number of nitrogens with zero attached hydrogens (tertiary/aromatic N) is 4. The zero-order chi connectivity index (χ0) is 17.6. The monoisotopic (exact) mass is 359 g/mol. The molecule has 2 aliphatic rings. The van der Waals surface area contributed by atoms with Gasteiger partial charge in [-0.15, -0.1) is 0 Å². The summed E-state index contributed by atoms with van der Waals surface area (Å²) in [6.45, 7) is 0. The van der Waals surface area contributed by atoms with E-state index in [0.717, 1.165) is 29.0 Å². The van der Waals surface area contributed by atoms with Crippen LogP contribution in [0.3, 0.4) is 0 Å². The molecule has 1 aliphatic heterocycles. The molecule has 1 aromatic heterocycles. The fourth-order valence-electron chi connectivity index (χ4n) is 3.33. The molecule has 1 radical (unpaired) electrons. The normalized spacial score (nSPS) is 19.6. The maximum absolute atomic E-state index is 13.1. The molecule has 2 heterocycles. The Kier molecular flexibility index (Phi) is 3.81. The van der Waals surface area contributed by atoms with Gasteiger partial charge in [0.05, 0.1) is 4.90 Å². The van der Waals surface area contributed by atoms with E-state index in [1.165, 1.54) is 22.8 Å². The third-order valence-electron chi connectivity index (χ3n) is 4.76. The van der Waals surface area contributed by atoms with Crippen LogP contribution in [0.4, 0.5) is 10.2 Å². The number of rotatable bonds is 3. The Morgan fingerprint density at radius 3 is 2.76 bits per heavy atom. The first-order valence-electron chi connectivity index (χ1n) is 7.94. The lowest BCUT2D eigenvalue weighted by Gasteiger charge is -2.31. The average molecular weight is 359 g/mol. The molecule has 0 spiro atoms. The van der Waals surface area contributed by atoms with E-state index in [4.69, 9.17) is 0 Å². The van der Waals surface area contributed by atoms with Gasteiger partial charge in [-0.2, -0.15) is 4.31 Å². The molecule has 0 N–H and O–H groups in total. The van der Waals surface area contributed by atoms with Crippen LogP contribution in [0.15, 0.2) is 47.4 Å². The number of halogens is 1. The molecule has 1 atom stereocenters. The summed E-state index contributed by atoms with van der Waals surface area (Å²) in [6.07, 6.45) is 5.13. The molecule has 129 valence electrons. The molecule has 1 aliphatic carbocycles. The van der Waals surface area contributed by atoms with Crippen LogP contribution in [0.5, 0.6) is 0 Å². The van der Waals surface area contributed by atoms with Crippen LogP contribution in [0.1, 0.15) is 24.8 Å². The zero-order valence-corrected chi connectivity index (χ0v) is 14.4. The molecule has 0 amide bonds. The van der Waals surface area contributed by atoms with Crippen LogP contribution >= 0.6 is 0 Å². The van der Waals surface area contributed by atoms with E-state index in [9.17, 15) is 12.8 Å². The predicted octanol–water partition coefficient (Wildman–Crippen LogP) is 2.45. The van der Waals surface area contributed by atoms with Gasteiger partial charge in [0.15, 0.2) is 5.82 Å². The molecule has 6 nitrogen and oxygen atoms in total. The number of hydrogen-bond acceptors (Lipinski definition) is 4. The highest BCUT2D eigenvalue weighted by Crippen LogP contribution is 2.42. The van der Waals surface area contributed by atoms with Crippen LogP contribution in [-0.2, 0) is 10.0 Å². The van der Waals surface area contributed by atoms with Gasteiger partial charge in [-0.1, -0.05) is 0 Å². The minimum absolute atomic E-state index is 0.0935. The first kappa shape index (κ1) is 16.2. The van der Waals surface area contributed by atoms with Gasteiger partial charge in [-0.05, 0) is 49.1 Å². The average Bonchev–Trinajstić information content (AvgIpc) is 2.99. The van der Waals surface area contributed by atoms with Gasteiger partial charge in [0.1, 0.15) is 12.1 Å². The first-order valence-corrected chi connectivity index (χ1v) is 9.38. The van der Waals surface area contributed by atoms with Crippen LogP contribution in [-0.4, -0.2) is 35.8 Å². The maximum Gasteiger partial charge on any atom is 0.243 e. The van der Waals surface area contributed by atoms with E-state index in [0.29, 0.717) is 25.1 Å². The highest BCUT2D eigenvalue weighted by Gasteiger charge is 2.35. The Bertz CT molecular complexity index is 957. The number of fused-ring (bicyclic) bond motifs is 2. The molecule has 1 unspecified atom stereocenters. The van der Waals surface area contributed by atoms with Crippen molar-refractivity contribution in [2.24, 2.45) is 0 Å². The molecular formula is C17H16FN4O2S. The quantitative estimate of drug-likeness (QED) is 0.843. The van der Waals surface area contributed by atoms with Crippen molar-refractivity contribution < 1.29 is 12.8 Å². The summed E-state index contributed by atoms with van der Waals surface area (Å²) in [5, 5.41) is 4.52. The van der Waals surface area contributed by atoms with Gasteiger partial charge < -0.3 is 0 Å². The first-order chi connectivity index (χ1) is 12.0. The SMILES string of the molecule is CN(C1CCC2=C(C1)c1cncnc1[N]2)S(=O)(=O)c1ccc(F)cc1. The summed E-state index contributed by atoms with van der Waals surface area (Å²) in [5.74, 6) is 0.197. The summed E-state index contributed by atoms with van der Waals surface area (Å²) < 4.78 is 40.1. The molecule has 0 fully saturated rings. The van der Waals surface area contributed by atoms with E-state index >= 15 is 0 Å². The van der Waals surface area contributed by atoms with Crippen molar-refractivity contribution in [3.63, 3.8) is 0 Å². The Morgan fingerprint density at radius 1 is 1.24 bits per heavy atom. The van der Waals surface area contributed by atoms with Gasteiger partial charge >= 0.3 is 0 Å². The van der Waals surface area contributed by atoms with Crippen LogP contribution in [0, 0.1) is 5.82 Å². The lowest BCUT2D eigenvalue weighted by Crippen LogP contribution is -2.38. The second kappa shape index (κ2) is 5.89. The summed E-state index contributed by atoms with van der Waals surface area (Å²) in [7, 11) is -2.11. The van der Waals surface area contributed by atoms with Gasteiger partial charge in [-0.3, -0.25) is 0 Å². The summed E-state index contributed by atoms with van der Waals surface area (Å²) in [6, 6.07) is 4.72. The summed E-state index contributed by atoms with van der Waals surface area (Å²) >= 11 is 0. The second-order valence-electron chi connectivity index (χ2n) is 6.17. The highest BCUT2D eigenvalue weighted by molar-refractivity contribution is 7.89. The lowest BCUT2D eigenvalue weighted by atomic mass is 9.90. The topological polar surface area (TPSA) is 77.3 Å². The summed E-state index contributed by atoms with van der Waals surface area (Å²) in [5.41, 5.74) is 2.88. The van der Waals surface area contributed by atoms with Crippen LogP contribution in [0.2, 0.25) is 0 Å². The molecule has 1 aromatic carbocycles. The van der Waals surface area contributed by atoms with Gasteiger partial charge in [0.2, 0.25) is 10.0 Å². The molecule has 2 aromatic rings. The van der Waals surface area contributed by atoms with Crippen molar-refractivity contribution in [1.82, 2.24) is 19.6 Å². The predicted molar refractivity (Wildman–Crippen MR) is 89.7 cm³/mol. The minimum atomic E-state index is -3.68. The van der Waals surface area contributed by atoms with E-state index in [1.54, 1.807) is 13.2 Å². The number of hydrogen-bond donors (Lipinski definition) is 0. The Balaban J connectivity index is 1.60. The highest BCUT2D eigenvalue weighted by atomic mass is 32.2. The fourth-order valence-corrected chi connectivity index (χ4v) is 4.72. The van der Waals surface area contributed by atoms with E-state index in [1.807, 2.05) is 0 Å². The van der Waals surface area contributed by atoms with E-state index in [2.05, 4.69) is 15.3 Å². The molecule has 0 saturated heterocycles.